The number of nitrogens with zero attached hydrogens (tertiary/aromatic N) is 2. The van der Waals surface area contributed by atoms with Gasteiger partial charge in [-0.15, -0.1) is 0 Å². The maximum atomic E-state index is 13.8. The fraction of sp³-hybridized carbons (Fsp3) is 0.286. The van der Waals surface area contributed by atoms with Gasteiger partial charge in [-0.2, -0.15) is 13.2 Å². The average molecular weight is 430 g/mol. The Morgan fingerprint density at radius 3 is 2.74 bits per heavy atom. The number of fused-ring (bicyclic) bond motifs is 1. The fourth-order valence-corrected chi connectivity index (χ4v) is 3.38. The van der Waals surface area contributed by atoms with Crippen molar-refractivity contribution in [2.45, 2.75) is 37.5 Å². The van der Waals surface area contributed by atoms with Gasteiger partial charge in [0.05, 0.1) is 6.20 Å². The second-order valence-corrected chi connectivity index (χ2v) is 7.36. The number of aromatic amines is 1. The summed E-state index contributed by atoms with van der Waals surface area (Å²) in [4.78, 5) is 22.8. The quantitative estimate of drug-likeness (QED) is 0.412. The van der Waals surface area contributed by atoms with E-state index in [1.54, 1.807) is 24.3 Å². The number of H-pyrrole nitrogens is 1. The molecule has 0 aliphatic heterocycles. The molecule has 4 N–H and O–H groups in total. The van der Waals surface area contributed by atoms with Crippen LogP contribution in [-0.2, 0) is 4.79 Å². The number of alkyl halides is 3. The van der Waals surface area contributed by atoms with E-state index in [2.05, 4.69) is 37.5 Å². The van der Waals surface area contributed by atoms with Gasteiger partial charge in [-0.05, 0) is 37.1 Å². The van der Waals surface area contributed by atoms with Crippen LogP contribution in [-0.4, -0.2) is 33.1 Å². The first-order chi connectivity index (χ1) is 14.8. The molecule has 1 aromatic carbocycles. The molecule has 1 aliphatic rings. The molecule has 1 fully saturated rings. The van der Waals surface area contributed by atoms with Crippen molar-refractivity contribution in [1.82, 2.24) is 20.3 Å². The molecule has 0 saturated heterocycles. The standard InChI is InChI=1S/C21H21F3N6O/c1-2-17(31)28-14-8-4-7-13(9-14)27-16-11-26-20-18(30-16)15(10-25-20)19(21(22,23)24)29-12-5-3-6-12/h2,4,7-12,19,29H,1,3,5-6H2,(H,25,26)(H,27,30)(H,28,31). The number of amides is 1. The minimum Gasteiger partial charge on any atom is -0.344 e. The second-order valence-electron chi connectivity index (χ2n) is 7.36. The minimum absolute atomic E-state index is 0.0116. The maximum Gasteiger partial charge on any atom is 0.408 e. The first kappa shape index (κ1) is 20.9. The molecule has 10 heteroatoms. The highest BCUT2D eigenvalue weighted by Crippen LogP contribution is 2.37. The number of hydrogen-bond donors (Lipinski definition) is 4. The van der Waals surface area contributed by atoms with Crippen LogP contribution in [0.25, 0.3) is 11.2 Å². The topological polar surface area (TPSA) is 94.7 Å². The molecule has 0 radical (unpaired) electrons. The number of nitrogens with one attached hydrogen (secondary N) is 4. The molecular formula is C21H21F3N6O. The van der Waals surface area contributed by atoms with Crippen LogP contribution in [0.1, 0.15) is 30.9 Å². The average Bonchev–Trinajstić information content (AvgIpc) is 3.09. The van der Waals surface area contributed by atoms with Crippen molar-refractivity contribution >= 4 is 34.3 Å². The van der Waals surface area contributed by atoms with Crippen molar-refractivity contribution in [1.29, 1.82) is 0 Å². The van der Waals surface area contributed by atoms with Gasteiger partial charge in [-0.25, -0.2) is 9.97 Å². The number of benzene rings is 1. The van der Waals surface area contributed by atoms with Crippen molar-refractivity contribution in [3.8, 4) is 0 Å². The van der Waals surface area contributed by atoms with Crippen LogP contribution in [0.5, 0.6) is 0 Å². The van der Waals surface area contributed by atoms with E-state index in [0.29, 0.717) is 11.4 Å². The van der Waals surface area contributed by atoms with Crippen LogP contribution >= 0.6 is 0 Å². The number of aromatic nitrogens is 3. The van der Waals surface area contributed by atoms with Crippen molar-refractivity contribution in [3.63, 3.8) is 0 Å². The predicted octanol–water partition coefficient (Wildman–Crippen LogP) is 4.57. The predicted molar refractivity (Wildman–Crippen MR) is 112 cm³/mol. The van der Waals surface area contributed by atoms with Gasteiger partial charge < -0.3 is 15.6 Å². The largest absolute Gasteiger partial charge is 0.408 e. The van der Waals surface area contributed by atoms with Crippen LogP contribution in [0.4, 0.5) is 30.4 Å². The smallest absolute Gasteiger partial charge is 0.344 e. The van der Waals surface area contributed by atoms with Gasteiger partial charge in [0, 0.05) is 29.2 Å². The molecule has 1 saturated carbocycles. The van der Waals surface area contributed by atoms with E-state index in [1.807, 2.05) is 0 Å². The van der Waals surface area contributed by atoms with E-state index in [0.717, 1.165) is 25.3 Å². The molecule has 31 heavy (non-hydrogen) atoms. The first-order valence-corrected chi connectivity index (χ1v) is 9.81. The summed E-state index contributed by atoms with van der Waals surface area (Å²) in [6.45, 7) is 3.40. The minimum atomic E-state index is -4.46. The summed E-state index contributed by atoms with van der Waals surface area (Å²) in [6.07, 6.45) is 1.81. The highest BCUT2D eigenvalue weighted by atomic mass is 19.4. The number of hydrogen-bond acceptors (Lipinski definition) is 5. The lowest BCUT2D eigenvalue weighted by Gasteiger charge is -2.32. The second kappa shape index (κ2) is 8.38. The van der Waals surface area contributed by atoms with E-state index in [-0.39, 0.29) is 34.5 Å². The zero-order valence-electron chi connectivity index (χ0n) is 16.5. The van der Waals surface area contributed by atoms with Gasteiger partial charge in [0.25, 0.3) is 0 Å². The lowest BCUT2D eigenvalue weighted by Crippen LogP contribution is -2.43. The Balaban J connectivity index is 1.61. The monoisotopic (exact) mass is 430 g/mol. The Labute approximate surface area is 176 Å². The lowest BCUT2D eigenvalue weighted by atomic mass is 9.91. The van der Waals surface area contributed by atoms with Crippen molar-refractivity contribution in [3.05, 3.63) is 54.9 Å². The molecule has 0 spiro atoms. The summed E-state index contributed by atoms with van der Waals surface area (Å²) in [6, 6.07) is 4.85. The van der Waals surface area contributed by atoms with Crippen LogP contribution in [0.2, 0.25) is 0 Å². The van der Waals surface area contributed by atoms with Crippen molar-refractivity contribution < 1.29 is 18.0 Å². The molecule has 2 heterocycles. The molecule has 0 bridgehead atoms. The Bertz CT molecular complexity index is 1110. The van der Waals surface area contributed by atoms with Gasteiger partial charge in [0.15, 0.2) is 5.65 Å². The van der Waals surface area contributed by atoms with Crippen molar-refractivity contribution in [2.24, 2.45) is 0 Å². The molecule has 162 valence electrons. The maximum absolute atomic E-state index is 13.8. The molecule has 2 aromatic heterocycles. The normalized spacial score (nSPS) is 15.3. The third kappa shape index (κ3) is 4.69. The number of rotatable bonds is 7. The van der Waals surface area contributed by atoms with Gasteiger partial charge in [-0.3, -0.25) is 10.1 Å². The fourth-order valence-electron chi connectivity index (χ4n) is 3.38. The van der Waals surface area contributed by atoms with Crippen LogP contribution in [0.15, 0.2) is 49.3 Å². The van der Waals surface area contributed by atoms with Gasteiger partial charge in [-0.1, -0.05) is 19.1 Å². The highest BCUT2D eigenvalue weighted by Gasteiger charge is 2.44. The van der Waals surface area contributed by atoms with Crippen molar-refractivity contribution in [2.75, 3.05) is 10.6 Å². The molecule has 1 amide bonds. The SMILES string of the molecule is C=CC(=O)Nc1cccc(Nc2cnc3[nH]cc(C(NC4CCC4)C(F)(F)F)c3n2)c1. The molecule has 7 nitrogen and oxygen atoms in total. The van der Waals surface area contributed by atoms with Gasteiger partial charge in [0.2, 0.25) is 5.91 Å². The first-order valence-electron chi connectivity index (χ1n) is 9.81. The third-order valence-electron chi connectivity index (χ3n) is 5.14. The number of carbonyl (C=O) groups excluding carboxylic acids is 1. The van der Waals surface area contributed by atoms with Crippen LogP contribution in [0.3, 0.4) is 0 Å². The number of halogens is 3. The molecule has 4 rings (SSSR count). The lowest BCUT2D eigenvalue weighted by molar-refractivity contribution is -0.160. The number of carbonyl (C=O) groups is 1. The van der Waals surface area contributed by atoms with Crippen LogP contribution in [0, 0.1) is 0 Å². The summed E-state index contributed by atoms with van der Waals surface area (Å²) < 4.78 is 41.3. The van der Waals surface area contributed by atoms with E-state index in [4.69, 9.17) is 0 Å². The molecular weight excluding hydrogens is 409 g/mol. The zero-order valence-corrected chi connectivity index (χ0v) is 16.5. The summed E-state index contributed by atoms with van der Waals surface area (Å²) in [5, 5.41) is 8.37. The Hall–Kier alpha value is -3.40. The Morgan fingerprint density at radius 1 is 1.29 bits per heavy atom. The summed E-state index contributed by atoms with van der Waals surface area (Å²) in [5.41, 5.74) is 1.56. The molecule has 3 aromatic rings. The van der Waals surface area contributed by atoms with E-state index >= 15 is 0 Å². The highest BCUT2D eigenvalue weighted by molar-refractivity contribution is 5.99. The summed E-state index contributed by atoms with van der Waals surface area (Å²) in [5.74, 6) is -0.0717. The van der Waals surface area contributed by atoms with E-state index in [1.165, 1.54) is 12.4 Å². The molecule has 1 atom stereocenters. The Morgan fingerprint density at radius 2 is 2.06 bits per heavy atom. The summed E-state index contributed by atoms with van der Waals surface area (Å²) >= 11 is 0. The van der Waals surface area contributed by atoms with Gasteiger partial charge in [0.1, 0.15) is 17.4 Å². The molecule has 1 aliphatic carbocycles. The van der Waals surface area contributed by atoms with Gasteiger partial charge >= 0.3 is 6.18 Å². The van der Waals surface area contributed by atoms with E-state index in [9.17, 15) is 18.0 Å². The third-order valence-corrected chi connectivity index (χ3v) is 5.14. The molecule has 1 unspecified atom stereocenters. The van der Waals surface area contributed by atoms with E-state index < -0.39 is 12.2 Å². The zero-order chi connectivity index (χ0) is 22.0. The van der Waals surface area contributed by atoms with Crippen LogP contribution < -0.4 is 16.0 Å². The Kier molecular flexibility index (Phi) is 5.64. The number of anilines is 3. The summed E-state index contributed by atoms with van der Waals surface area (Å²) in [7, 11) is 0.